The second-order valence-corrected chi connectivity index (χ2v) is 4.62. The normalized spacial score (nSPS) is 31.9. The summed E-state index contributed by atoms with van der Waals surface area (Å²) in [6, 6.07) is 0.667. The van der Waals surface area contributed by atoms with Crippen LogP contribution in [0.4, 0.5) is 4.39 Å². The van der Waals surface area contributed by atoms with Crippen molar-refractivity contribution in [3.63, 3.8) is 0 Å². The van der Waals surface area contributed by atoms with Crippen LogP contribution in [-0.4, -0.2) is 43.3 Å². The smallest absolute Gasteiger partial charge is 0.103 e. The van der Waals surface area contributed by atoms with Gasteiger partial charge >= 0.3 is 0 Å². The molecule has 3 heteroatoms. The molecule has 1 unspecified atom stereocenters. The maximum Gasteiger partial charge on any atom is 0.103 e. The molecule has 1 atom stereocenters. The molecule has 2 aliphatic heterocycles. The number of nitrogens with one attached hydrogen (secondary N) is 1. The Morgan fingerprint density at radius 1 is 1.14 bits per heavy atom. The van der Waals surface area contributed by atoms with Gasteiger partial charge in [-0.2, -0.15) is 0 Å². The SMILES string of the molecule is FC1CCN(CC2CCCCN2)CC1. The summed E-state index contributed by atoms with van der Waals surface area (Å²) >= 11 is 0. The van der Waals surface area contributed by atoms with Crippen LogP contribution in [0.15, 0.2) is 0 Å². The summed E-state index contributed by atoms with van der Waals surface area (Å²) in [5.74, 6) is 0. The molecule has 1 N–H and O–H groups in total. The fourth-order valence-electron chi connectivity index (χ4n) is 2.48. The van der Waals surface area contributed by atoms with Crippen molar-refractivity contribution in [1.82, 2.24) is 10.2 Å². The van der Waals surface area contributed by atoms with Gasteiger partial charge in [0.2, 0.25) is 0 Å². The zero-order valence-corrected chi connectivity index (χ0v) is 8.84. The fourth-order valence-corrected chi connectivity index (χ4v) is 2.48. The molecule has 0 saturated carbocycles. The lowest BCUT2D eigenvalue weighted by Gasteiger charge is -2.33. The summed E-state index contributed by atoms with van der Waals surface area (Å²) in [4.78, 5) is 2.42. The van der Waals surface area contributed by atoms with Crippen LogP contribution >= 0.6 is 0 Å². The first-order valence-electron chi connectivity index (χ1n) is 5.94. The van der Waals surface area contributed by atoms with Crippen LogP contribution in [0.3, 0.4) is 0 Å². The van der Waals surface area contributed by atoms with Gasteiger partial charge in [-0.25, -0.2) is 4.39 Å². The summed E-state index contributed by atoms with van der Waals surface area (Å²) in [6.07, 6.45) is 4.93. The third-order valence-electron chi connectivity index (χ3n) is 3.41. The van der Waals surface area contributed by atoms with E-state index in [0.717, 1.165) is 32.5 Å². The first-order chi connectivity index (χ1) is 6.84. The number of hydrogen-bond donors (Lipinski definition) is 1. The molecule has 0 aromatic carbocycles. The van der Waals surface area contributed by atoms with Crippen LogP contribution in [0.2, 0.25) is 0 Å². The molecule has 0 aromatic heterocycles. The highest BCUT2D eigenvalue weighted by molar-refractivity contribution is 4.79. The van der Waals surface area contributed by atoms with Gasteiger partial charge in [0.05, 0.1) is 0 Å². The van der Waals surface area contributed by atoms with Crippen molar-refractivity contribution in [2.45, 2.75) is 44.3 Å². The van der Waals surface area contributed by atoms with Crippen molar-refractivity contribution < 1.29 is 4.39 Å². The molecule has 0 amide bonds. The molecule has 0 aromatic rings. The van der Waals surface area contributed by atoms with E-state index < -0.39 is 6.17 Å². The molecule has 2 heterocycles. The number of rotatable bonds is 2. The molecular formula is C11H21FN2. The van der Waals surface area contributed by atoms with Gasteiger partial charge in [0.25, 0.3) is 0 Å². The van der Waals surface area contributed by atoms with E-state index in [1.54, 1.807) is 0 Å². The Balaban J connectivity index is 1.68. The lowest BCUT2D eigenvalue weighted by molar-refractivity contribution is 0.135. The second-order valence-electron chi connectivity index (χ2n) is 4.62. The van der Waals surface area contributed by atoms with E-state index >= 15 is 0 Å². The molecule has 82 valence electrons. The van der Waals surface area contributed by atoms with E-state index in [0.29, 0.717) is 6.04 Å². The van der Waals surface area contributed by atoms with E-state index in [4.69, 9.17) is 0 Å². The maximum atomic E-state index is 12.9. The lowest BCUT2D eigenvalue weighted by atomic mass is 10.0. The lowest BCUT2D eigenvalue weighted by Crippen LogP contribution is -2.46. The minimum absolute atomic E-state index is 0.537. The van der Waals surface area contributed by atoms with Gasteiger partial charge in [0, 0.05) is 25.7 Å². The van der Waals surface area contributed by atoms with E-state index in [9.17, 15) is 4.39 Å². The zero-order valence-electron chi connectivity index (χ0n) is 8.84. The topological polar surface area (TPSA) is 15.3 Å². The van der Waals surface area contributed by atoms with Crippen molar-refractivity contribution >= 4 is 0 Å². The molecule has 2 nitrogen and oxygen atoms in total. The van der Waals surface area contributed by atoms with E-state index in [2.05, 4.69) is 10.2 Å². The number of halogens is 1. The van der Waals surface area contributed by atoms with Gasteiger partial charge in [-0.3, -0.25) is 0 Å². The molecule has 0 radical (unpaired) electrons. The minimum atomic E-state index is -0.537. The third kappa shape index (κ3) is 2.92. The van der Waals surface area contributed by atoms with Crippen LogP contribution < -0.4 is 5.32 Å². The van der Waals surface area contributed by atoms with Crippen LogP contribution in [0, 0.1) is 0 Å². The monoisotopic (exact) mass is 200 g/mol. The Labute approximate surface area is 85.9 Å². The highest BCUT2D eigenvalue weighted by Gasteiger charge is 2.21. The molecular weight excluding hydrogens is 179 g/mol. The van der Waals surface area contributed by atoms with Crippen LogP contribution in [-0.2, 0) is 0 Å². The summed E-state index contributed by atoms with van der Waals surface area (Å²) in [5, 5.41) is 3.54. The van der Waals surface area contributed by atoms with Gasteiger partial charge in [0.1, 0.15) is 6.17 Å². The average molecular weight is 200 g/mol. The Hall–Kier alpha value is -0.150. The first-order valence-corrected chi connectivity index (χ1v) is 5.94. The summed E-state index contributed by atoms with van der Waals surface area (Å²) in [5.41, 5.74) is 0. The first kappa shape index (κ1) is 10.4. The van der Waals surface area contributed by atoms with Crippen molar-refractivity contribution in [1.29, 1.82) is 0 Å². The van der Waals surface area contributed by atoms with Gasteiger partial charge < -0.3 is 10.2 Å². The molecule has 14 heavy (non-hydrogen) atoms. The number of likely N-dealkylation sites (tertiary alicyclic amines) is 1. The predicted octanol–water partition coefficient (Wildman–Crippen LogP) is 1.56. The maximum absolute atomic E-state index is 12.9. The van der Waals surface area contributed by atoms with Gasteiger partial charge in [-0.1, -0.05) is 6.42 Å². The standard InChI is InChI=1S/C11H21FN2/c12-10-4-7-14(8-5-10)9-11-3-1-2-6-13-11/h10-11,13H,1-9H2. The molecule has 2 saturated heterocycles. The average Bonchev–Trinajstić information content (AvgIpc) is 2.23. The number of piperidine rings is 2. The second kappa shape index (κ2) is 5.08. The van der Waals surface area contributed by atoms with Gasteiger partial charge in [-0.05, 0) is 32.2 Å². The van der Waals surface area contributed by atoms with Gasteiger partial charge in [0.15, 0.2) is 0 Å². The quantitative estimate of drug-likeness (QED) is 0.728. The van der Waals surface area contributed by atoms with Crippen molar-refractivity contribution in [2.24, 2.45) is 0 Å². The molecule has 2 fully saturated rings. The van der Waals surface area contributed by atoms with E-state index in [1.807, 2.05) is 0 Å². The zero-order chi connectivity index (χ0) is 9.80. The minimum Gasteiger partial charge on any atom is -0.313 e. The molecule has 2 rings (SSSR count). The summed E-state index contributed by atoms with van der Waals surface area (Å²) in [6.45, 7) is 4.22. The number of hydrogen-bond acceptors (Lipinski definition) is 2. The van der Waals surface area contributed by atoms with Crippen LogP contribution in [0.5, 0.6) is 0 Å². The van der Waals surface area contributed by atoms with Crippen molar-refractivity contribution in [3.05, 3.63) is 0 Å². The van der Waals surface area contributed by atoms with Crippen LogP contribution in [0.1, 0.15) is 32.1 Å². The summed E-state index contributed by atoms with van der Waals surface area (Å²) < 4.78 is 12.9. The van der Waals surface area contributed by atoms with E-state index in [-0.39, 0.29) is 0 Å². The van der Waals surface area contributed by atoms with Crippen molar-refractivity contribution in [2.75, 3.05) is 26.2 Å². The van der Waals surface area contributed by atoms with Crippen LogP contribution in [0.25, 0.3) is 0 Å². The largest absolute Gasteiger partial charge is 0.313 e. The number of nitrogens with zero attached hydrogens (tertiary/aromatic N) is 1. The van der Waals surface area contributed by atoms with E-state index in [1.165, 1.54) is 25.8 Å². The molecule has 2 aliphatic rings. The van der Waals surface area contributed by atoms with Crippen molar-refractivity contribution in [3.8, 4) is 0 Å². The molecule has 0 aliphatic carbocycles. The third-order valence-corrected chi connectivity index (χ3v) is 3.41. The highest BCUT2D eigenvalue weighted by Crippen LogP contribution is 2.15. The Morgan fingerprint density at radius 3 is 2.57 bits per heavy atom. The Bertz CT molecular complexity index is 161. The Kier molecular flexibility index (Phi) is 3.76. The highest BCUT2D eigenvalue weighted by atomic mass is 19.1. The fraction of sp³-hybridized carbons (Fsp3) is 1.00. The molecule has 0 spiro atoms. The summed E-state index contributed by atoms with van der Waals surface area (Å²) in [7, 11) is 0. The van der Waals surface area contributed by atoms with Gasteiger partial charge in [-0.15, -0.1) is 0 Å². The Morgan fingerprint density at radius 2 is 1.93 bits per heavy atom. The molecule has 0 bridgehead atoms. The number of alkyl halides is 1. The predicted molar refractivity (Wildman–Crippen MR) is 56.2 cm³/mol.